The summed E-state index contributed by atoms with van der Waals surface area (Å²) >= 11 is 0. The van der Waals surface area contributed by atoms with Crippen molar-refractivity contribution in [1.82, 2.24) is 4.90 Å². The number of likely N-dealkylation sites (tertiary alicyclic amines) is 1. The molecule has 0 spiro atoms. The fourth-order valence-corrected chi connectivity index (χ4v) is 2.42. The number of para-hydroxylation sites is 2. The zero-order valence-corrected chi connectivity index (χ0v) is 12.0. The largest absolute Gasteiger partial charge is 0.492 e. The molecule has 1 unspecified atom stereocenters. The quantitative estimate of drug-likeness (QED) is 0.829. The van der Waals surface area contributed by atoms with E-state index in [2.05, 4.69) is 5.32 Å². The maximum atomic E-state index is 12.0. The van der Waals surface area contributed by atoms with Crippen molar-refractivity contribution in [3.63, 3.8) is 0 Å². The van der Waals surface area contributed by atoms with Gasteiger partial charge in [0.25, 0.3) is 0 Å². The van der Waals surface area contributed by atoms with Crippen LogP contribution < -0.4 is 10.1 Å². The van der Waals surface area contributed by atoms with Crippen LogP contribution in [0.2, 0.25) is 0 Å². The van der Waals surface area contributed by atoms with Crippen molar-refractivity contribution in [2.45, 2.75) is 13.3 Å². The first-order valence-corrected chi connectivity index (χ1v) is 7.07. The van der Waals surface area contributed by atoms with Crippen LogP contribution in [0, 0.1) is 5.92 Å². The molecule has 114 valence electrons. The molecule has 1 aromatic rings. The Morgan fingerprint density at radius 3 is 2.86 bits per heavy atom. The Kier molecular flexibility index (Phi) is 5.16. The van der Waals surface area contributed by atoms with E-state index in [0.717, 1.165) is 0 Å². The van der Waals surface area contributed by atoms with Crippen molar-refractivity contribution in [2.24, 2.45) is 5.92 Å². The Bertz CT molecular complexity index is 518. The first-order valence-electron chi connectivity index (χ1n) is 7.07. The van der Waals surface area contributed by atoms with Crippen LogP contribution >= 0.6 is 0 Å². The number of nitrogens with one attached hydrogen (secondary N) is 1. The molecule has 1 amide bonds. The summed E-state index contributed by atoms with van der Waals surface area (Å²) in [6.07, 6.45) is 0.595. The molecule has 0 aromatic heterocycles. The standard InChI is InChI=1S/C15H20N2O4/c1-2-21-13-6-4-3-5-12(13)16-14(18)10-17-8-7-11(9-17)15(19)20/h3-6,11H,2,7-10H2,1H3,(H,16,18)(H,19,20). The number of hydrogen-bond donors (Lipinski definition) is 2. The number of ether oxygens (including phenoxy) is 1. The monoisotopic (exact) mass is 292 g/mol. The molecule has 21 heavy (non-hydrogen) atoms. The van der Waals surface area contributed by atoms with E-state index in [0.29, 0.717) is 37.6 Å². The molecule has 1 saturated heterocycles. The second-order valence-corrected chi connectivity index (χ2v) is 5.04. The Labute approximate surface area is 123 Å². The highest BCUT2D eigenvalue weighted by Crippen LogP contribution is 2.24. The predicted molar refractivity (Wildman–Crippen MR) is 78.4 cm³/mol. The van der Waals surface area contributed by atoms with Gasteiger partial charge in [0.15, 0.2) is 0 Å². The van der Waals surface area contributed by atoms with Crippen molar-refractivity contribution < 1.29 is 19.4 Å². The molecule has 6 heteroatoms. The maximum absolute atomic E-state index is 12.0. The number of benzene rings is 1. The highest BCUT2D eigenvalue weighted by atomic mass is 16.5. The summed E-state index contributed by atoms with van der Waals surface area (Å²) in [4.78, 5) is 24.8. The summed E-state index contributed by atoms with van der Waals surface area (Å²) in [6, 6.07) is 7.26. The second-order valence-electron chi connectivity index (χ2n) is 5.04. The number of anilines is 1. The van der Waals surface area contributed by atoms with Crippen molar-refractivity contribution in [3.8, 4) is 5.75 Å². The van der Waals surface area contributed by atoms with E-state index < -0.39 is 5.97 Å². The number of amides is 1. The number of carboxylic acid groups (broad SMARTS) is 1. The van der Waals surface area contributed by atoms with E-state index in [4.69, 9.17) is 9.84 Å². The minimum atomic E-state index is -0.792. The van der Waals surface area contributed by atoms with Crippen molar-refractivity contribution in [1.29, 1.82) is 0 Å². The summed E-state index contributed by atoms with van der Waals surface area (Å²) in [5, 5.41) is 11.8. The van der Waals surface area contributed by atoms with Gasteiger partial charge in [-0.15, -0.1) is 0 Å². The van der Waals surface area contributed by atoms with Gasteiger partial charge in [0.2, 0.25) is 5.91 Å². The Morgan fingerprint density at radius 2 is 2.19 bits per heavy atom. The van der Waals surface area contributed by atoms with Crippen LogP contribution in [0.5, 0.6) is 5.75 Å². The van der Waals surface area contributed by atoms with Gasteiger partial charge in [-0.2, -0.15) is 0 Å². The summed E-state index contributed by atoms with van der Waals surface area (Å²) in [5.41, 5.74) is 0.637. The van der Waals surface area contributed by atoms with E-state index in [-0.39, 0.29) is 18.4 Å². The maximum Gasteiger partial charge on any atom is 0.307 e. The molecule has 1 aliphatic heterocycles. The van der Waals surface area contributed by atoms with Gasteiger partial charge in [0.1, 0.15) is 5.75 Å². The molecule has 1 aromatic carbocycles. The van der Waals surface area contributed by atoms with Crippen LogP contribution in [0.3, 0.4) is 0 Å². The molecule has 2 rings (SSSR count). The fourth-order valence-electron chi connectivity index (χ4n) is 2.42. The predicted octanol–water partition coefficient (Wildman–Crippen LogP) is 1.43. The lowest BCUT2D eigenvalue weighted by Crippen LogP contribution is -2.32. The first-order chi connectivity index (χ1) is 10.1. The van der Waals surface area contributed by atoms with Gasteiger partial charge >= 0.3 is 5.97 Å². The SMILES string of the molecule is CCOc1ccccc1NC(=O)CN1CCC(C(=O)O)C1. The van der Waals surface area contributed by atoms with Crippen LogP contribution in [0.1, 0.15) is 13.3 Å². The van der Waals surface area contributed by atoms with Gasteiger partial charge in [-0.3, -0.25) is 14.5 Å². The van der Waals surface area contributed by atoms with Gasteiger partial charge < -0.3 is 15.2 Å². The van der Waals surface area contributed by atoms with Crippen molar-refractivity contribution >= 4 is 17.6 Å². The minimum Gasteiger partial charge on any atom is -0.492 e. The Morgan fingerprint density at radius 1 is 1.43 bits per heavy atom. The Balaban J connectivity index is 1.89. The molecular formula is C15H20N2O4. The van der Waals surface area contributed by atoms with Gasteiger partial charge in [-0.1, -0.05) is 12.1 Å². The third-order valence-corrected chi connectivity index (χ3v) is 3.45. The number of carbonyl (C=O) groups excluding carboxylic acids is 1. The lowest BCUT2D eigenvalue weighted by molar-refractivity contribution is -0.141. The Hall–Kier alpha value is -2.08. The number of aliphatic carboxylic acids is 1. The average molecular weight is 292 g/mol. The zero-order valence-electron chi connectivity index (χ0n) is 12.0. The summed E-state index contributed by atoms with van der Waals surface area (Å²) < 4.78 is 5.45. The van der Waals surface area contributed by atoms with E-state index in [1.54, 1.807) is 12.1 Å². The minimum absolute atomic E-state index is 0.159. The van der Waals surface area contributed by atoms with Crippen LogP contribution in [-0.4, -0.2) is 48.1 Å². The zero-order chi connectivity index (χ0) is 15.2. The number of nitrogens with zero attached hydrogens (tertiary/aromatic N) is 1. The number of carbonyl (C=O) groups is 2. The van der Waals surface area contributed by atoms with Crippen LogP contribution in [0.4, 0.5) is 5.69 Å². The van der Waals surface area contributed by atoms with E-state index in [9.17, 15) is 9.59 Å². The average Bonchev–Trinajstić information content (AvgIpc) is 2.90. The fraction of sp³-hybridized carbons (Fsp3) is 0.467. The van der Waals surface area contributed by atoms with Gasteiger partial charge in [0, 0.05) is 6.54 Å². The third kappa shape index (κ3) is 4.19. The van der Waals surface area contributed by atoms with Gasteiger partial charge in [0.05, 0.1) is 24.8 Å². The molecule has 1 aliphatic rings. The second kappa shape index (κ2) is 7.08. The van der Waals surface area contributed by atoms with Crippen LogP contribution in [0.15, 0.2) is 24.3 Å². The van der Waals surface area contributed by atoms with Crippen molar-refractivity contribution in [2.75, 3.05) is 31.6 Å². The molecule has 0 radical (unpaired) electrons. The number of carboxylic acids is 1. The number of hydrogen-bond acceptors (Lipinski definition) is 4. The third-order valence-electron chi connectivity index (χ3n) is 3.45. The highest BCUT2D eigenvalue weighted by Gasteiger charge is 2.28. The lowest BCUT2D eigenvalue weighted by Gasteiger charge is -2.16. The molecule has 6 nitrogen and oxygen atoms in total. The summed E-state index contributed by atoms with van der Waals surface area (Å²) in [6.45, 7) is 3.67. The molecule has 0 bridgehead atoms. The van der Waals surface area contributed by atoms with Crippen LogP contribution in [0.25, 0.3) is 0 Å². The summed E-state index contributed by atoms with van der Waals surface area (Å²) in [7, 11) is 0. The van der Waals surface area contributed by atoms with E-state index >= 15 is 0 Å². The lowest BCUT2D eigenvalue weighted by atomic mass is 10.1. The van der Waals surface area contributed by atoms with E-state index in [1.807, 2.05) is 24.0 Å². The molecule has 1 heterocycles. The normalized spacial score (nSPS) is 18.4. The molecule has 1 atom stereocenters. The highest BCUT2D eigenvalue weighted by molar-refractivity contribution is 5.93. The molecular weight excluding hydrogens is 272 g/mol. The molecule has 0 aliphatic carbocycles. The van der Waals surface area contributed by atoms with E-state index in [1.165, 1.54) is 0 Å². The van der Waals surface area contributed by atoms with Crippen molar-refractivity contribution in [3.05, 3.63) is 24.3 Å². The summed E-state index contributed by atoms with van der Waals surface area (Å²) in [5.74, 6) is -0.681. The van der Waals surface area contributed by atoms with Crippen LogP contribution in [-0.2, 0) is 9.59 Å². The van der Waals surface area contributed by atoms with Gasteiger partial charge in [-0.05, 0) is 32.0 Å². The molecule has 0 saturated carbocycles. The molecule has 2 N–H and O–H groups in total. The molecule has 1 fully saturated rings. The number of rotatable bonds is 6. The smallest absolute Gasteiger partial charge is 0.307 e. The first kappa shape index (κ1) is 15.3. The van der Waals surface area contributed by atoms with Gasteiger partial charge in [-0.25, -0.2) is 0 Å². The topological polar surface area (TPSA) is 78.9 Å².